The van der Waals surface area contributed by atoms with Crippen LogP contribution in [0.25, 0.3) is 0 Å². The number of nitrogens with zero attached hydrogens (tertiary/aromatic N) is 1. The van der Waals surface area contributed by atoms with Gasteiger partial charge in [0.15, 0.2) is 5.17 Å². The van der Waals surface area contributed by atoms with Gasteiger partial charge in [0, 0.05) is 6.04 Å². The Morgan fingerprint density at radius 1 is 1.32 bits per heavy atom. The number of carbonyl (C=O) groups is 1. The van der Waals surface area contributed by atoms with Gasteiger partial charge in [0.1, 0.15) is 4.75 Å². The van der Waals surface area contributed by atoms with Crippen molar-refractivity contribution in [2.75, 3.05) is 0 Å². The van der Waals surface area contributed by atoms with Crippen LogP contribution in [0.1, 0.15) is 51.9 Å². The van der Waals surface area contributed by atoms with Crippen LogP contribution >= 0.6 is 11.8 Å². The molecule has 0 aromatic rings. The SMILES string of the molecule is CC1CCCC12SC(N[C@H]1C[C@@H]3CCC1C3)=NC2=O. The topological polar surface area (TPSA) is 41.5 Å². The van der Waals surface area contributed by atoms with Gasteiger partial charge in [0.2, 0.25) is 0 Å². The lowest BCUT2D eigenvalue weighted by molar-refractivity contribution is -0.120. The summed E-state index contributed by atoms with van der Waals surface area (Å²) in [5.41, 5.74) is 0. The summed E-state index contributed by atoms with van der Waals surface area (Å²) >= 11 is 1.74. The van der Waals surface area contributed by atoms with Crippen molar-refractivity contribution >= 4 is 22.8 Å². The van der Waals surface area contributed by atoms with Crippen molar-refractivity contribution in [2.24, 2.45) is 22.7 Å². The molecule has 1 N–H and O–H groups in total. The van der Waals surface area contributed by atoms with Crippen LogP contribution in [0.2, 0.25) is 0 Å². The van der Waals surface area contributed by atoms with E-state index >= 15 is 0 Å². The van der Waals surface area contributed by atoms with Gasteiger partial charge < -0.3 is 5.32 Å². The monoisotopic (exact) mass is 278 g/mol. The highest BCUT2D eigenvalue weighted by Gasteiger charge is 2.52. The maximum absolute atomic E-state index is 12.3. The quantitative estimate of drug-likeness (QED) is 0.802. The molecule has 4 aliphatic rings. The van der Waals surface area contributed by atoms with Crippen LogP contribution in [-0.2, 0) is 4.79 Å². The lowest BCUT2D eigenvalue weighted by Crippen LogP contribution is -2.38. The molecule has 3 aliphatic carbocycles. The van der Waals surface area contributed by atoms with Crippen molar-refractivity contribution in [3.8, 4) is 0 Å². The zero-order chi connectivity index (χ0) is 13.0. The highest BCUT2D eigenvalue weighted by molar-refractivity contribution is 8.16. The third-order valence-electron chi connectivity index (χ3n) is 5.87. The molecular formula is C15H22N2OS. The molecule has 0 aromatic heterocycles. The van der Waals surface area contributed by atoms with Crippen LogP contribution in [-0.4, -0.2) is 21.9 Å². The number of amides is 1. The molecular weight excluding hydrogens is 256 g/mol. The van der Waals surface area contributed by atoms with Gasteiger partial charge in [-0.15, -0.1) is 0 Å². The van der Waals surface area contributed by atoms with Crippen molar-refractivity contribution in [1.82, 2.24) is 5.32 Å². The molecule has 1 heterocycles. The molecule has 1 spiro atoms. The molecule has 3 saturated carbocycles. The Balaban J connectivity index is 1.46. The number of amidine groups is 1. The van der Waals surface area contributed by atoms with Crippen LogP contribution in [0, 0.1) is 17.8 Å². The summed E-state index contributed by atoms with van der Waals surface area (Å²) in [7, 11) is 0. The second-order valence-electron chi connectivity index (χ2n) is 6.93. The minimum atomic E-state index is -0.208. The van der Waals surface area contributed by atoms with Crippen LogP contribution in [0.15, 0.2) is 4.99 Å². The molecule has 1 amide bonds. The summed E-state index contributed by atoms with van der Waals surface area (Å²) in [4.78, 5) is 16.7. The van der Waals surface area contributed by atoms with Crippen LogP contribution in [0.4, 0.5) is 0 Å². The molecule has 2 bridgehead atoms. The molecule has 4 rings (SSSR count). The predicted molar refractivity (Wildman–Crippen MR) is 78.2 cm³/mol. The molecule has 1 aliphatic heterocycles. The Morgan fingerprint density at radius 3 is 2.84 bits per heavy atom. The van der Waals surface area contributed by atoms with Crippen molar-refractivity contribution in [2.45, 2.75) is 62.7 Å². The maximum Gasteiger partial charge on any atom is 0.265 e. The van der Waals surface area contributed by atoms with E-state index in [2.05, 4.69) is 17.2 Å². The molecule has 0 saturated heterocycles. The lowest BCUT2D eigenvalue weighted by atomic mass is 9.96. The molecule has 3 unspecified atom stereocenters. The Morgan fingerprint density at radius 2 is 2.21 bits per heavy atom. The molecule has 0 radical (unpaired) electrons. The van der Waals surface area contributed by atoms with Crippen molar-refractivity contribution in [3.63, 3.8) is 0 Å². The van der Waals surface area contributed by atoms with Gasteiger partial charge in [-0.05, 0) is 49.9 Å². The normalized spacial score (nSPS) is 48.3. The molecule has 3 fully saturated rings. The Hall–Kier alpha value is -0.510. The second-order valence-corrected chi connectivity index (χ2v) is 8.25. The average Bonchev–Trinajstić information content (AvgIpc) is 3.10. The summed E-state index contributed by atoms with van der Waals surface area (Å²) in [5.74, 6) is 2.38. The molecule has 3 nitrogen and oxygen atoms in total. The highest BCUT2D eigenvalue weighted by Crippen LogP contribution is 2.51. The first-order chi connectivity index (χ1) is 9.17. The number of fused-ring (bicyclic) bond motifs is 2. The van der Waals surface area contributed by atoms with E-state index in [1.54, 1.807) is 11.8 Å². The zero-order valence-electron chi connectivity index (χ0n) is 11.5. The maximum atomic E-state index is 12.3. The number of hydrogen-bond acceptors (Lipinski definition) is 3. The number of carbonyl (C=O) groups excluding carboxylic acids is 1. The Kier molecular flexibility index (Phi) is 2.73. The molecule has 19 heavy (non-hydrogen) atoms. The van der Waals surface area contributed by atoms with Crippen LogP contribution in [0.5, 0.6) is 0 Å². The van der Waals surface area contributed by atoms with Gasteiger partial charge in [0.05, 0.1) is 0 Å². The van der Waals surface area contributed by atoms with Gasteiger partial charge in [-0.1, -0.05) is 31.5 Å². The van der Waals surface area contributed by atoms with Gasteiger partial charge in [-0.3, -0.25) is 4.79 Å². The third-order valence-corrected chi connectivity index (χ3v) is 7.42. The summed E-state index contributed by atoms with van der Waals surface area (Å²) in [6.45, 7) is 2.22. The molecule has 0 aromatic carbocycles. The van der Waals surface area contributed by atoms with E-state index in [9.17, 15) is 4.79 Å². The van der Waals surface area contributed by atoms with E-state index in [1.807, 2.05) is 0 Å². The largest absolute Gasteiger partial charge is 0.361 e. The fourth-order valence-corrected chi connectivity index (χ4v) is 6.07. The number of nitrogens with one attached hydrogen (secondary N) is 1. The smallest absolute Gasteiger partial charge is 0.265 e. The summed E-state index contributed by atoms with van der Waals surface area (Å²) in [6.07, 6.45) is 8.85. The number of hydrogen-bond donors (Lipinski definition) is 1. The van der Waals surface area contributed by atoms with Gasteiger partial charge >= 0.3 is 0 Å². The summed E-state index contributed by atoms with van der Waals surface area (Å²) in [5, 5.41) is 4.53. The number of thioether (sulfide) groups is 1. The molecule has 4 heteroatoms. The minimum absolute atomic E-state index is 0.133. The standard InChI is InChI=1S/C15H22N2OS/c1-9-3-2-6-15(9)13(18)17-14(19-15)16-12-8-10-4-5-11(12)7-10/h9-12H,2-8H2,1H3,(H,16,17,18)/t9?,10-,11?,12+,15?/m1/s1. The fraction of sp³-hybridized carbons (Fsp3) is 0.867. The lowest BCUT2D eigenvalue weighted by Gasteiger charge is -2.26. The first kappa shape index (κ1) is 12.2. The third kappa shape index (κ3) is 1.78. The van der Waals surface area contributed by atoms with E-state index in [4.69, 9.17) is 0 Å². The average molecular weight is 278 g/mol. The molecule has 5 atom stereocenters. The Bertz CT molecular complexity index is 449. The van der Waals surface area contributed by atoms with Crippen molar-refractivity contribution in [1.29, 1.82) is 0 Å². The van der Waals surface area contributed by atoms with Gasteiger partial charge in [0.25, 0.3) is 5.91 Å². The predicted octanol–water partition coefficient (Wildman–Crippen LogP) is 2.95. The van der Waals surface area contributed by atoms with E-state index < -0.39 is 0 Å². The highest BCUT2D eigenvalue weighted by atomic mass is 32.2. The summed E-state index contributed by atoms with van der Waals surface area (Å²) < 4.78 is -0.208. The first-order valence-electron chi connectivity index (χ1n) is 7.76. The second kappa shape index (κ2) is 4.24. The fourth-order valence-electron chi connectivity index (χ4n) is 4.69. The van der Waals surface area contributed by atoms with Gasteiger partial charge in [-0.2, -0.15) is 4.99 Å². The van der Waals surface area contributed by atoms with Gasteiger partial charge in [-0.25, -0.2) is 0 Å². The number of aliphatic imine (C=N–C) groups is 1. The summed E-state index contributed by atoms with van der Waals surface area (Å²) in [6, 6.07) is 0.588. The Labute approximate surface area is 119 Å². The van der Waals surface area contributed by atoms with E-state index in [0.29, 0.717) is 12.0 Å². The molecule has 104 valence electrons. The van der Waals surface area contributed by atoms with E-state index in [0.717, 1.165) is 23.4 Å². The minimum Gasteiger partial charge on any atom is -0.361 e. The first-order valence-corrected chi connectivity index (χ1v) is 8.58. The van der Waals surface area contributed by atoms with Crippen LogP contribution < -0.4 is 5.32 Å². The zero-order valence-corrected chi connectivity index (χ0v) is 12.3. The van der Waals surface area contributed by atoms with Crippen molar-refractivity contribution < 1.29 is 4.79 Å². The van der Waals surface area contributed by atoms with Crippen molar-refractivity contribution in [3.05, 3.63) is 0 Å². The van der Waals surface area contributed by atoms with E-state index in [1.165, 1.54) is 38.5 Å². The number of rotatable bonds is 1. The van der Waals surface area contributed by atoms with E-state index in [-0.39, 0.29) is 10.7 Å². The van der Waals surface area contributed by atoms with Crippen LogP contribution in [0.3, 0.4) is 0 Å².